The van der Waals surface area contributed by atoms with Crippen LogP contribution in [0.5, 0.6) is 0 Å². The number of imidazole rings is 1. The lowest BCUT2D eigenvalue weighted by molar-refractivity contribution is -0.117. The van der Waals surface area contributed by atoms with Crippen molar-refractivity contribution in [2.24, 2.45) is 18.9 Å². The van der Waals surface area contributed by atoms with E-state index in [2.05, 4.69) is 22.5 Å². The van der Waals surface area contributed by atoms with Crippen molar-refractivity contribution in [1.29, 1.82) is 0 Å². The van der Waals surface area contributed by atoms with Gasteiger partial charge in [-0.25, -0.2) is 4.98 Å². The molecule has 2 aromatic rings. The molecule has 2 fully saturated rings. The molecule has 4 rings (SSSR count). The Morgan fingerprint density at radius 3 is 2.63 bits per heavy atom. The third-order valence-corrected chi connectivity index (χ3v) is 5.51. The Balaban J connectivity index is 1.47. The van der Waals surface area contributed by atoms with Crippen LogP contribution in [0.4, 0.5) is 5.69 Å². The average Bonchev–Trinajstić information content (AvgIpc) is 3.27. The van der Waals surface area contributed by atoms with Crippen molar-refractivity contribution in [1.82, 2.24) is 19.8 Å². The zero-order valence-corrected chi connectivity index (χ0v) is 15.7. The van der Waals surface area contributed by atoms with E-state index in [0.29, 0.717) is 24.6 Å². The lowest BCUT2D eigenvalue weighted by Gasteiger charge is -2.35. The van der Waals surface area contributed by atoms with Crippen LogP contribution >= 0.6 is 0 Å². The van der Waals surface area contributed by atoms with Crippen molar-refractivity contribution >= 4 is 17.5 Å². The van der Waals surface area contributed by atoms with Crippen LogP contribution in [0.15, 0.2) is 36.7 Å². The number of carbonyl (C=O) groups is 2. The van der Waals surface area contributed by atoms with Crippen LogP contribution < -0.4 is 10.6 Å². The van der Waals surface area contributed by atoms with Gasteiger partial charge in [-0.2, -0.15) is 0 Å². The Morgan fingerprint density at radius 2 is 2.00 bits per heavy atom. The van der Waals surface area contributed by atoms with Crippen LogP contribution in [0.25, 0.3) is 0 Å². The summed E-state index contributed by atoms with van der Waals surface area (Å²) in [7, 11) is 1.94. The topological polar surface area (TPSA) is 79.3 Å². The molecule has 3 unspecified atom stereocenters. The molecule has 3 atom stereocenters. The van der Waals surface area contributed by atoms with Gasteiger partial charge in [0.1, 0.15) is 11.9 Å². The standard InChI is InChI=1S/C20H25N5O2/c1-13-11-16(13)19(26)23-15-5-3-14(4-6-15)20(27)25-10-7-21-12-17(25)18-22-8-9-24(18)2/h3-6,8-9,13,16-17,21H,7,10-12H2,1-2H3,(H,23,26). The van der Waals surface area contributed by atoms with Crippen molar-refractivity contribution in [2.75, 3.05) is 25.0 Å². The minimum Gasteiger partial charge on any atom is -0.336 e. The number of hydrogen-bond acceptors (Lipinski definition) is 4. The number of carbonyl (C=O) groups excluding carboxylic acids is 2. The molecule has 2 N–H and O–H groups in total. The van der Waals surface area contributed by atoms with Crippen LogP contribution in [-0.2, 0) is 11.8 Å². The number of amides is 2. The van der Waals surface area contributed by atoms with Crippen LogP contribution in [0.3, 0.4) is 0 Å². The molecule has 0 spiro atoms. The lowest BCUT2D eigenvalue weighted by atomic mass is 10.1. The van der Waals surface area contributed by atoms with Crippen LogP contribution in [0, 0.1) is 11.8 Å². The number of anilines is 1. The van der Waals surface area contributed by atoms with E-state index in [1.165, 1.54) is 0 Å². The Bertz CT molecular complexity index is 844. The molecule has 1 saturated heterocycles. The molecule has 142 valence electrons. The van der Waals surface area contributed by atoms with E-state index >= 15 is 0 Å². The van der Waals surface area contributed by atoms with E-state index in [1.807, 2.05) is 22.7 Å². The quantitative estimate of drug-likeness (QED) is 0.864. The number of nitrogens with zero attached hydrogens (tertiary/aromatic N) is 3. The molecule has 7 nitrogen and oxygen atoms in total. The normalized spacial score (nSPS) is 24.5. The third-order valence-electron chi connectivity index (χ3n) is 5.51. The molecule has 1 saturated carbocycles. The fraction of sp³-hybridized carbons (Fsp3) is 0.450. The van der Waals surface area contributed by atoms with E-state index in [-0.39, 0.29) is 23.8 Å². The first kappa shape index (κ1) is 17.7. The zero-order chi connectivity index (χ0) is 19.0. The zero-order valence-electron chi connectivity index (χ0n) is 15.7. The van der Waals surface area contributed by atoms with Crippen molar-refractivity contribution in [2.45, 2.75) is 19.4 Å². The van der Waals surface area contributed by atoms with Gasteiger partial charge in [0.25, 0.3) is 5.91 Å². The second-order valence-corrected chi connectivity index (χ2v) is 7.50. The number of benzene rings is 1. The van der Waals surface area contributed by atoms with Gasteiger partial charge in [-0.15, -0.1) is 0 Å². The third kappa shape index (κ3) is 3.60. The molecular formula is C20H25N5O2. The summed E-state index contributed by atoms with van der Waals surface area (Å²) in [5.74, 6) is 1.53. The molecule has 1 aliphatic carbocycles. The largest absolute Gasteiger partial charge is 0.336 e. The molecular weight excluding hydrogens is 342 g/mol. The van der Waals surface area contributed by atoms with E-state index in [9.17, 15) is 9.59 Å². The van der Waals surface area contributed by atoms with Gasteiger partial charge >= 0.3 is 0 Å². The summed E-state index contributed by atoms with van der Waals surface area (Å²) in [6.45, 7) is 4.16. The average molecular weight is 367 g/mol. The highest BCUT2D eigenvalue weighted by Crippen LogP contribution is 2.38. The highest BCUT2D eigenvalue weighted by Gasteiger charge is 2.39. The van der Waals surface area contributed by atoms with E-state index in [1.54, 1.807) is 30.5 Å². The van der Waals surface area contributed by atoms with Crippen LogP contribution in [-0.4, -0.2) is 45.9 Å². The summed E-state index contributed by atoms with van der Waals surface area (Å²) in [6.07, 6.45) is 4.61. The van der Waals surface area contributed by atoms with Gasteiger partial charge in [-0.05, 0) is 36.6 Å². The maximum absolute atomic E-state index is 13.1. The van der Waals surface area contributed by atoms with Gasteiger partial charge in [0.15, 0.2) is 0 Å². The monoisotopic (exact) mass is 367 g/mol. The SMILES string of the molecule is CC1CC1C(=O)Nc1ccc(C(=O)N2CCNCC2c2nccn2C)cc1. The molecule has 1 aliphatic heterocycles. The second kappa shape index (κ2) is 7.15. The predicted molar refractivity (Wildman–Crippen MR) is 102 cm³/mol. The minimum atomic E-state index is -0.0954. The fourth-order valence-electron chi connectivity index (χ4n) is 3.66. The number of piperazine rings is 1. The maximum atomic E-state index is 13.1. The number of aryl methyl sites for hydroxylation is 1. The Labute approximate surface area is 158 Å². The maximum Gasteiger partial charge on any atom is 0.254 e. The van der Waals surface area contributed by atoms with Gasteiger partial charge in [-0.3, -0.25) is 9.59 Å². The summed E-state index contributed by atoms with van der Waals surface area (Å²) < 4.78 is 1.95. The van der Waals surface area contributed by atoms with E-state index in [0.717, 1.165) is 24.5 Å². The van der Waals surface area contributed by atoms with Gasteiger partial charge in [0.05, 0.1) is 0 Å². The molecule has 7 heteroatoms. The number of nitrogens with one attached hydrogen (secondary N) is 2. The summed E-state index contributed by atoms with van der Waals surface area (Å²) >= 11 is 0. The van der Waals surface area contributed by atoms with Gasteiger partial charge in [-0.1, -0.05) is 6.92 Å². The Morgan fingerprint density at radius 1 is 1.26 bits per heavy atom. The fourth-order valence-corrected chi connectivity index (χ4v) is 3.66. The van der Waals surface area contributed by atoms with Crippen LogP contribution in [0.2, 0.25) is 0 Å². The summed E-state index contributed by atoms with van der Waals surface area (Å²) in [6, 6.07) is 7.08. The van der Waals surface area contributed by atoms with Crippen molar-refractivity contribution in [3.05, 3.63) is 48.0 Å². The van der Waals surface area contributed by atoms with E-state index < -0.39 is 0 Å². The molecule has 0 bridgehead atoms. The van der Waals surface area contributed by atoms with Crippen molar-refractivity contribution in [3.8, 4) is 0 Å². The molecule has 27 heavy (non-hydrogen) atoms. The number of hydrogen-bond donors (Lipinski definition) is 2. The van der Waals surface area contributed by atoms with Gasteiger partial charge in [0, 0.05) is 56.2 Å². The molecule has 2 aliphatic rings. The highest BCUT2D eigenvalue weighted by atomic mass is 16.2. The molecule has 1 aromatic carbocycles. The Hall–Kier alpha value is -2.67. The summed E-state index contributed by atoms with van der Waals surface area (Å²) in [5, 5.41) is 6.27. The molecule has 1 aromatic heterocycles. The first-order valence-electron chi connectivity index (χ1n) is 9.44. The predicted octanol–water partition coefficient (Wildman–Crippen LogP) is 1.80. The lowest BCUT2D eigenvalue weighted by Crippen LogP contribution is -2.49. The van der Waals surface area contributed by atoms with Crippen molar-refractivity contribution in [3.63, 3.8) is 0 Å². The smallest absolute Gasteiger partial charge is 0.254 e. The van der Waals surface area contributed by atoms with E-state index in [4.69, 9.17) is 0 Å². The first-order chi connectivity index (χ1) is 13.0. The number of rotatable bonds is 4. The Kier molecular flexibility index (Phi) is 4.70. The summed E-state index contributed by atoms with van der Waals surface area (Å²) in [5.41, 5.74) is 1.35. The van der Waals surface area contributed by atoms with Gasteiger partial charge in [0.2, 0.25) is 5.91 Å². The molecule has 0 radical (unpaired) electrons. The number of aromatic nitrogens is 2. The van der Waals surface area contributed by atoms with Crippen LogP contribution in [0.1, 0.15) is 35.6 Å². The van der Waals surface area contributed by atoms with Crippen molar-refractivity contribution < 1.29 is 9.59 Å². The molecule has 2 amide bonds. The highest BCUT2D eigenvalue weighted by molar-refractivity contribution is 5.97. The summed E-state index contributed by atoms with van der Waals surface area (Å²) in [4.78, 5) is 31.4. The molecule has 2 heterocycles. The second-order valence-electron chi connectivity index (χ2n) is 7.50. The van der Waals surface area contributed by atoms with Gasteiger partial charge < -0.3 is 20.1 Å². The first-order valence-corrected chi connectivity index (χ1v) is 9.44. The minimum absolute atomic E-state index is 0.0156.